The van der Waals surface area contributed by atoms with Gasteiger partial charge in [0.05, 0.1) is 13.2 Å². The van der Waals surface area contributed by atoms with Gasteiger partial charge in [-0.2, -0.15) is 0 Å². The minimum atomic E-state index is 0.753. The van der Waals surface area contributed by atoms with Gasteiger partial charge >= 0.3 is 0 Å². The Morgan fingerprint density at radius 1 is 1.06 bits per heavy atom. The molecule has 0 aliphatic heterocycles. The van der Waals surface area contributed by atoms with Crippen LogP contribution in [-0.4, -0.2) is 26.8 Å². The smallest absolute Gasteiger partial charge is 0.126 e. The second-order valence-corrected chi connectivity index (χ2v) is 4.32. The van der Waals surface area contributed by atoms with Gasteiger partial charge in [0.25, 0.3) is 0 Å². The average Bonchev–Trinajstić information content (AvgIpc) is 2.41. The third-order valence-corrected chi connectivity index (χ3v) is 2.62. The number of hydrogen-bond acceptors (Lipinski definition) is 3. The van der Waals surface area contributed by atoms with E-state index in [1.807, 2.05) is 19.2 Å². The van der Waals surface area contributed by atoms with E-state index in [-0.39, 0.29) is 0 Å². The van der Waals surface area contributed by atoms with Crippen LogP contribution in [0, 0.1) is 0 Å². The van der Waals surface area contributed by atoms with Crippen LogP contribution in [0.2, 0.25) is 0 Å². The molecule has 0 fully saturated rings. The van der Waals surface area contributed by atoms with Crippen molar-refractivity contribution in [3.05, 3.63) is 23.8 Å². The highest BCUT2D eigenvalue weighted by molar-refractivity contribution is 5.41. The molecule has 18 heavy (non-hydrogen) atoms. The van der Waals surface area contributed by atoms with E-state index in [1.165, 1.54) is 5.56 Å². The van der Waals surface area contributed by atoms with Gasteiger partial charge in [-0.1, -0.05) is 19.9 Å². The molecule has 1 aromatic rings. The van der Waals surface area contributed by atoms with E-state index >= 15 is 0 Å². The maximum Gasteiger partial charge on any atom is 0.126 e. The first-order valence-corrected chi connectivity index (χ1v) is 6.84. The number of likely N-dealkylation sites (N-methyl/N-ethyl adjacent to an activating group) is 1. The first-order chi connectivity index (χ1) is 8.81. The van der Waals surface area contributed by atoms with Gasteiger partial charge in [-0.25, -0.2) is 0 Å². The van der Waals surface area contributed by atoms with Gasteiger partial charge in [-0.3, -0.25) is 0 Å². The highest BCUT2D eigenvalue weighted by Crippen LogP contribution is 2.25. The number of benzene rings is 1. The van der Waals surface area contributed by atoms with Crippen LogP contribution < -0.4 is 14.8 Å². The van der Waals surface area contributed by atoms with E-state index in [4.69, 9.17) is 9.47 Å². The third kappa shape index (κ3) is 4.96. The number of nitrogens with one attached hydrogen (secondary N) is 1. The quantitative estimate of drug-likeness (QED) is 0.732. The summed E-state index contributed by atoms with van der Waals surface area (Å²) in [6.45, 7) is 6.69. The maximum atomic E-state index is 5.80. The normalized spacial score (nSPS) is 10.4. The molecule has 3 nitrogen and oxygen atoms in total. The summed E-state index contributed by atoms with van der Waals surface area (Å²) in [7, 11) is 1.96. The molecule has 0 radical (unpaired) electrons. The Morgan fingerprint density at radius 3 is 2.44 bits per heavy atom. The molecule has 0 atom stereocenters. The largest absolute Gasteiger partial charge is 0.493 e. The summed E-state index contributed by atoms with van der Waals surface area (Å²) in [6.07, 6.45) is 3.02. The summed E-state index contributed by atoms with van der Waals surface area (Å²) in [4.78, 5) is 0. The molecule has 3 heteroatoms. The molecule has 0 unspecified atom stereocenters. The molecule has 0 spiro atoms. The zero-order chi connectivity index (χ0) is 13.2. The van der Waals surface area contributed by atoms with Crippen molar-refractivity contribution < 1.29 is 9.47 Å². The Balaban J connectivity index is 2.74. The van der Waals surface area contributed by atoms with Crippen molar-refractivity contribution >= 4 is 0 Å². The fourth-order valence-electron chi connectivity index (χ4n) is 1.66. The van der Waals surface area contributed by atoms with E-state index in [1.54, 1.807) is 0 Å². The fourth-order valence-corrected chi connectivity index (χ4v) is 1.66. The lowest BCUT2D eigenvalue weighted by atomic mass is 10.1. The number of rotatable bonds is 9. The van der Waals surface area contributed by atoms with Crippen molar-refractivity contribution in [1.82, 2.24) is 5.32 Å². The molecule has 0 heterocycles. The topological polar surface area (TPSA) is 30.5 Å². The predicted molar refractivity (Wildman–Crippen MR) is 75.6 cm³/mol. The van der Waals surface area contributed by atoms with Gasteiger partial charge < -0.3 is 14.8 Å². The van der Waals surface area contributed by atoms with Crippen LogP contribution in [0.3, 0.4) is 0 Å². The highest BCUT2D eigenvalue weighted by atomic mass is 16.5. The first kappa shape index (κ1) is 14.8. The molecule has 0 aromatic heterocycles. The van der Waals surface area contributed by atoms with Crippen LogP contribution in [-0.2, 0) is 6.42 Å². The van der Waals surface area contributed by atoms with Crippen molar-refractivity contribution in [2.75, 3.05) is 26.8 Å². The minimum absolute atomic E-state index is 0.753. The molecule has 0 aliphatic carbocycles. The summed E-state index contributed by atoms with van der Waals surface area (Å²) < 4.78 is 11.4. The Bertz CT molecular complexity index is 339. The summed E-state index contributed by atoms with van der Waals surface area (Å²) in [5.74, 6) is 1.86. The van der Waals surface area contributed by atoms with Gasteiger partial charge in [0, 0.05) is 6.07 Å². The average molecular weight is 251 g/mol. The summed E-state index contributed by atoms with van der Waals surface area (Å²) in [5.41, 5.74) is 1.24. The third-order valence-electron chi connectivity index (χ3n) is 2.62. The Hall–Kier alpha value is -1.22. The zero-order valence-electron chi connectivity index (χ0n) is 11.8. The number of ether oxygens (including phenoxy) is 2. The SMILES string of the molecule is CCCOc1ccc(CCNC)c(OCCC)c1. The molecule has 0 aliphatic rings. The molecular formula is C15H25NO2. The van der Waals surface area contributed by atoms with Crippen LogP contribution in [0.1, 0.15) is 32.3 Å². The van der Waals surface area contributed by atoms with E-state index < -0.39 is 0 Å². The van der Waals surface area contributed by atoms with E-state index in [0.717, 1.165) is 50.5 Å². The predicted octanol–water partition coefficient (Wildman–Crippen LogP) is 3.03. The molecule has 1 N–H and O–H groups in total. The Labute approximate surface area is 110 Å². The van der Waals surface area contributed by atoms with Crippen molar-refractivity contribution in [3.8, 4) is 11.5 Å². The van der Waals surface area contributed by atoms with Crippen LogP contribution in [0.15, 0.2) is 18.2 Å². The highest BCUT2D eigenvalue weighted by Gasteiger charge is 2.05. The van der Waals surface area contributed by atoms with Gasteiger partial charge in [0.1, 0.15) is 11.5 Å². The lowest BCUT2D eigenvalue weighted by Gasteiger charge is -2.13. The van der Waals surface area contributed by atoms with Crippen molar-refractivity contribution in [2.45, 2.75) is 33.1 Å². The molecule has 1 rings (SSSR count). The van der Waals surface area contributed by atoms with Gasteiger partial charge in [0.15, 0.2) is 0 Å². The molecule has 1 aromatic carbocycles. The van der Waals surface area contributed by atoms with Crippen molar-refractivity contribution in [1.29, 1.82) is 0 Å². The molecule has 102 valence electrons. The Morgan fingerprint density at radius 2 is 1.78 bits per heavy atom. The van der Waals surface area contributed by atoms with Crippen LogP contribution in [0.4, 0.5) is 0 Å². The van der Waals surface area contributed by atoms with Gasteiger partial charge in [-0.05, 0) is 44.5 Å². The van der Waals surface area contributed by atoms with Crippen LogP contribution in [0.5, 0.6) is 11.5 Å². The fraction of sp³-hybridized carbons (Fsp3) is 0.600. The standard InChI is InChI=1S/C15H25NO2/c1-4-10-17-14-7-6-13(8-9-16-3)15(12-14)18-11-5-2/h6-7,12,16H,4-5,8-11H2,1-3H3. The van der Waals surface area contributed by atoms with Crippen LogP contribution >= 0.6 is 0 Å². The molecule has 0 saturated heterocycles. The zero-order valence-corrected chi connectivity index (χ0v) is 11.8. The van der Waals surface area contributed by atoms with Crippen molar-refractivity contribution in [2.24, 2.45) is 0 Å². The van der Waals surface area contributed by atoms with Crippen molar-refractivity contribution in [3.63, 3.8) is 0 Å². The lowest BCUT2D eigenvalue weighted by Crippen LogP contribution is -2.11. The van der Waals surface area contributed by atoms with Crippen LogP contribution in [0.25, 0.3) is 0 Å². The number of hydrogen-bond donors (Lipinski definition) is 1. The summed E-state index contributed by atoms with van der Waals surface area (Å²) in [6, 6.07) is 6.14. The summed E-state index contributed by atoms with van der Waals surface area (Å²) >= 11 is 0. The maximum absolute atomic E-state index is 5.80. The first-order valence-electron chi connectivity index (χ1n) is 6.84. The molecule has 0 amide bonds. The molecule has 0 saturated carbocycles. The van der Waals surface area contributed by atoms with E-state index in [2.05, 4.69) is 25.2 Å². The monoisotopic (exact) mass is 251 g/mol. The minimum Gasteiger partial charge on any atom is -0.493 e. The lowest BCUT2D eigenvalue weighted by molar-refractivity contribution is 0.299. The van der Waals surface area contributed by atoms with E-state index in [0.29, 0.717) is 0 Å². The second-order valence-electron chi connectivity index (χ2n) is 4.32. The molecular weight excluding hydrogens is 226 g/mol. The second kappa shape index (κ2) is 8.81. The molecule has 0 bridgehead atoms. The van der Waals surface area contributed by atoms with Gasteiger partial charge in [0.2, 0.25) is 0 Å². The van der Waals surface area contributed by atoms with Gasteiger partial charge in [-0.15, -0.1) is 0 Å². The Kier molecular flexibility index (Phi) is 7.26. The van der Waals surface area contributed by atoms with E-state index in [9.17, 15) is 0 Å². The summed E-state index contributed by atoms with van der Waals surface area (Å²) in [5, 5.41) is 3.16.